The van der Waals surface area contributed by atoms with Crippen molar-refractivity contribution in [1.29, 1.82) is 5.26 Å². The Morgan fingerprint density at radius 2 is 1.09 bits per heavy atom. The summed E-state index contributed by atoms with van der Waals surface area (Å²) in [6.07, 6.45) is 4.89. The Hall–Kier alpha value is -3.70. The van der Waals surface area contributed by atoms with Gasteiger partial charge in [0, 0.05) is 0 Å². The van der Waals surface area contributed by atoms with Crippen LogP contribution in [0.15, 0.2) is 91.0 Å². The van der Waals surface area contributed by atoms with Crippen molar-refractivity contribution in [2.75, 3.05) is 0 Å². The molecular formula is C30H26FN. The lowest BCUT2D eigenvalue weighted by molar-refractivity contribution is 0.629. The molecule has 0 N–H and O–H groups in total. The summed E-state index contributed by atoms with van der Waals surface area (Å²) in [5, 5.41) is 8.99. The van der Waals surface area contributed by atoms with E-state index in [-0.39, 0.29) is 5.82 Å². The van der Waals surface area contributed by atoms with Crippen LogP contribution in [0.5, 0.6) is 0 Å². The molecule has 0 radical (unpaired) electrons. The van der Waals surface area contributed by atoms with Crippen LogP contribution < -0.4 is 0 Å². The van der Waals surface area contributed by atoms with E-state index in [0.717, 1.165) is 34.2 Å². The van der Waals surface area contributed by atoms with Gasteiger partial charge in [-0.3, -0.25) is 0 Å². The van der Waals surface area contributed by atoms with Crippen LogP contribution in [-0.2, 0) is 6.42 Å². The standard InChI is InChI=1S/C30H26FN/c1-2-3-4-5-22-6-10-24(11-7-22)25-14-16-27(17-15-25)29-18-28(19-30(31)20-29)26-12-8-23(21-32)9-13-26/h6-20H,2-5H2,1H3. The molecule has 4 rings (SSSR count). The van der Waals surface area contributed by atoms with E-state index in [9.17, 15) is 4.39 Å². The lowest BCUT2D eigenvalue weighted by Crippen LogP contribution is -1.87. The highest BCUT2D eigenvalue weighted by molar-refractivity contribution is 5.75. The van der Waals surface area contributed by atoms with E-state index in [1.54, 1.807) is 18.2 Å². The predicted octanol–water partition coefficient (Wildman–Crippen LogP) is 8.43. The summed E-state index contributed by atoms with van der Waals surface area (Å²) < 4.78 is 14.4. The van der Waals surface area contributed by atoms with E-state index in [2.05, 4.69) is 49.4 Å². The molecule has 2 heteroatoms. The SMILES string of the molecule is CCCCCc1ccc(-c2ccc(-c3cc(F)cc(-c4ccc(C#N)cc4)c3)cc2)cc1. The van der Waals surface area contributed by atoms with Crippen LogP contribution in [0.3, 0.4) is 0 Å². The Labute approximate surface area is 189 Å². The molecule has 4 aromatic carbocycles. The zero-order valence-electron chi connectivity index (χ0n) is 18.3. The first kappa shape index (κ1) is 21.5. The molecule has 0 spiro atoms. The Morgan fingerprint density at radius 1 is 0.625 bits per heavy atom. The Bertz CT molecular complexity index is 1210. The molecule has 0 saturated heterocycles. The molecule has 0 fully saturated rings. The number of halogens is 1. The van der Waals surface area contributed by atoms with E-state index in [4.69, 9.17) is 5.26 Å². The van der Waals surface area contributed by atoms with Crippen LogP contribution in [-0.4, -0.2) is 0 Å². The third kappa shape index (κ3) is 5.13. The number of nitrogens with zero attached hydrogens (tertiary/aromatic N) is 1. The van der Waals surface area contributed by atoms with Crippen molar-refractivity contribution in [3.63, 3.8) is 0 Å². The summed E-state index contributed by atoms with van der Waals surface area (Å²) in [5.41, 5.74) is 7.81. The minimum absolute atomic E-state index is 0.274. The zero-order valence-corrected chi connectivity index (χ0v) is 18.3. The molecule has 0 amide bonds. The summed E-state index contributed by atoms with van der Waals surface area (Å²) in [6, 6.07) is 31.5. The highest BCUT2D eigenvalue weighted by Crippen LogP contribution is 2.30. The minimum Gasteiger partial charge on any atom is -0.207 e. The highest BCUT2D eigenvalue weighted by atomic mass is 19.1. The summed E-state index contributed by atoms with van der Waals surface area (Å²) in [6.45, 7) is 2.23. The van der Waals surface area contributed by atoms with Crippen LogP contribution in [0.4, 0.5) is 4.39 Å². The lowest BCUT2D eigenvalue weighted by atomic mass is 9.96. The average Bonchev–Trinajstić information content (AvgIpc) is 2.84. The van der Waals surface area contributed by atoms with E-state index < -0.39 is 0 Å². The van der Waals surface area contributed by atoms with Gasteiger partial charge >= 0.3 is 0 Å². The van der Waals surface area contributed by atoms with Crippen LogP contribution in [0.2, 0.25) is 0 Å². The number of nitriles is 1. The number of benzene rings is 4. The molecule has 158 valence electrons. The maximum atomic E-state index is 14.4. The normalized spacial score (nSPS) is 10.7. The zero-order chi connectivity index (χ0) is 22.3. The van der Waals surface area contributed by atoms with Crippen molar-refractivity contribution in [2.24, 2.45) is 0 Å². The van der Waals surface area contributed by atoms with Gasteiger partial charge in [-0.25, -0.2) is 4.39 Å². The molecule has 0 aromatic heterocycles. The minimum atomic E-state index is -0.274. The van der Waals surface area contributed by atoms with Gasteiger partial charge in [0.15, 0.2) is 0 Å². The Morgan fingerprint density at radius 3 is 1.59 bits per heavy atom. The van der Waals surface area contributed by atoms with Crippen molar-refractivity contribution in [2.45, 2.75) is 32.6 Å². The van der Waals surface area contributed by atoms with E-state index in [0.29, 0.717) is 5.56 Å². The van der Waals surface area contributed by atoms with Crippen molar-refractivity contribution < 1.29 is 4.39 Å². The van der Waals surface area contributed by atoms with Crippen molar-refractivity contribution in [3.8, 4) is 39.4 Å². The second-order valence-corrected chi connectivity index (χ2v) is 8.15. The second kappa shape index (κ2) is 10.1. The van der Waals surface area contributed by atoms with Gasteiger partial charge in [0.2, 0.25) is 0 Å². The van der Waals surface area contributed by atoms with E-state index in [1.807, 2.05) is 30.3 Å². The first-order valence-electron chi connectivity index (χ1n) is 11.2. The Kier molecular flexibility index (Phi) is 6.78. The van der Waals surface area contributed by atoms with Gasteiger partial charge in [0.25, 0.3) is 0 Å². The predicted molar refractivity (Wildman–Crippen MR) is 131 cm³/mol. The topological polar surface area (TPSA) is 23.8 Å². The molecule has 0 saturated carbocycles. The third-order valence-corrected chi connectivity index (χ3v) is 5.82. The molecular weight excluding hydrogens is 393 g/mol. The van der Waals surface area contributed by atoms with Gasteiger partial charge in [0.1, 0.15) is 5.82 Å². The highest BCUT2D eigenvalue weighted by Gasteiger charge is 2.07. The first-order chi connectivity index (χ1) is 15.7. The van der Waals surface area contributed by atoms with Gasteiger partial charge < -0.3 is 0 Å². The average molecular weight is 420 g/mol. The first-order valence-corrected chi connectivity index (χ1v) is 11.2. The van der Waals surface area contributed by atoms with Gasteiger partial charge in [-0.05, 0) is 82.1 Å². The largest absolute Gasteiger partial charge is 0.207 e. The van der Waals surface area contributed by atoms with Crippen LogP contribution in [0.25, 0.3) is 33.4 Å². The molecule has 0 heterocycles. The molecule has 0 unspecified atom stereocenters. The fourth-order valence-electron chi connectivity index (χ4n) is 3.96. The number of rotatable bonds is 7. The van der Waals surface area contributed by atoms with Crippen LogP contribution in [0, 0.1) is 17.1 Å². The molecule has 0 aliphatic rings. The fourth-order valence-corrected chi connectivity index (χ4v) is 3.96. The Balaban J connectivity index is 1.55. The van der Waals surface area contributed by atoms with Gasteiger partial charge in [-0.2, -0.15) is 5.26 Å². The maximum Gasteiger partial charge on any atom is 0.124 e. The van der Waals surface area contributed by atoms with Crippen molar-refractivity contribution in [1.82, 2.24) is 0 Å². The molecule has 4 aromatic rings. The van der Waals surface area contributed by atoms with Gasteiger partial charge in [0.05, 0.1) is 11.6 Å². The summed E-state index contributed by atoms with van der Waals surface area (Å²) >= 11 is 0. The van der Waals surface area contributed by atoms with Crippen LogP contribution >= 0.6 is 0 Å². The quantitative estimate of drug-likeness (QED) is 0.276. The fraction of sp³-hybridized carbons (Fsp3) is 0.167. The monoisotopic (exact) mass is 419 g/mol. The lowest BCUT2D eigenvalue weighted by Gasteiger charge is -2.09. The van der Waals surface area contributed by atoms with Crippen LogP contribution in [0.1, 0.15) is 37.3 Å². The van der Waals surface area contributed by atoms with Gasteiger partial charge in [-0.15, -0.1) is 0 Å². The van der Waals surface area contributed by atoms with E-state index in [1.165, 1.54) is 36.5 Å². The second-order valence-electron chi connectivity index (χ2n) is 8.15. The van der Waals surface area contributed by atoms with E-state index >= 15 is 0 Å². The maximum absolute atomic E-state index is 14.4. The molecule has 0 aliphatic heterocycles. The smallest absolute Gasteiger partial charge is 0.124 e. The molecule has 0 aliphatic carbocycles. The molecule has 0 bridgehead atoms. The number of unbranched alkanes of at least 4 members (excludes halogenated alkanes) is 2. The number of hydrogen-bond donors (Lipinski definition) is 0. The summed E-state index contributed by atoms with van der Waals surface area (Å²) in [4.78, 5) is 0. The van der Waals surface area contributed by atoms with Gasteiger partial charge in [-0.1, -0.05) is 80.4 Å². The molecule has 1 nitrogen and oxygen atoms in total. The molecule has 32 heavy (non-hydrogen) atoms. The van der Waals surface area contributed by atoms with Crippen molar-refractivity contribution in [3.05, 3.63) is 108 Å². The molecule has 0 atom stereocenters. The number of hydrogen-bond acceptors (Lipinski definition) is 1. The third-order valence-electron chi connectivity index (χ3n) is 5.82. The summed E-state index contributed by atoms with van der Waals surface area (Å²) in [7, 11) is 0. The van der Waals surface area contributed by atoms with Crippen molar-refractivity contribution >= 4 is 0 Å². The number of aryl methyl sites for hydroxylation is 1. The summed E-state index contributed by atoms with van der Waals surface area (Å²) in [5.74, 6) is -0.274.